The SMILES string of the molecule is CC(C)C[C@H](N)C(=O)N[C@@H](CCCCN)C(=O)N[C@@H](CCCCN)C(=O)N[C@@H](CCC(N)=O)C(=O)N[C@@H](CCC(=O)O)C(=O)N[C@H](C(=O)O)[C@@H](C)O. The van der Waals surface area contributed by atoms with Crippen molar-refractivity contribution in [3.05, 3.63) is 0 Å². The van der Waals surface area contributed by atoms with Crippen LogP contribution >= 0.6 is 0 Å². The quantitative estimate of drug-likeness (QED) is 0.0348. The monoisotopic (exact) mass is 745 g/mol. The second-order valence-corrected chi connectivity index (χ2v) is 13.1. The summed E-state index contributed by atoms with van der Waals surface area (Å²) in [5.74, 6) is -7.99. The van der Waals surface area contributed by atoms with Gasteiger partial charge in [0.15, 0.2) is 6.04 Å². The molecule has 0 saturated carbocycles. The Bertz CT molecular complexity index is 1200. The summed E-state index contributed by atoms with van der Waals surface area (Å²) in [6.07, 6.45) is -1.04. The molecule has 16 N–H and O–H groups in total. The lowest BCUT2D eigenvalue weighted by molar-refractivity contribution is -0.145. The van der Waals surface area contributed by atoms with Crippen LogP contribution in [0, 0.1) is 5.92 Å². The first kappa shape index (κ1) is 47.6. The lowest BCUT2D eigenvalue weighted by atomic mass is 10.0. The van der Waals surface area contributed by atoms with Gasteiger partial charge in [0.1, 0.15) is 24.2 Å². The van der Waals surface area contributed by atoms with Crippen LogP contribution in [0.1, 0.15) is 91.4 Å². The zero-order chi connectivity index (χ0) is 40.0. The van der Waals surface area contributed by atoms with E-state index in [0.717, 1.165) is 6.92 Å². The van der Waals surface area contributed by atoms with Crippen molar-refractivity contribution in [2.24, 2.45) is 28.9 Å². The number of nitrogens with two attached hydrogens (primary N) is 4. The number of carboxylic acid groups (broad SMARTS) is 2. The van der Waals surface area contributed by atoms with Gasteiger partial charge in [0.2, 0.25) is 35.4 Å². The second kappa shape index (κ2) is 25.5. The summed E-state index contributed by atoms with van der Waals surface area (Å²) in [6, 6.07) is -8.22. The molecular formula is C32H59N9O11. The number of aliphatic hydroxyl groups is 1. The van der Waals surface area contributed by atoms with E-state index in [1.807, 2.05) is 19.2 Å². The number of aliphatic hydroxyl groups excluding tert-OH is 1. The molecular weight excluding hydrogens is 686 g/mol. The number of carbonyl (C=O) groups is 8. The predicted molar refractivity (Wildman–Crippen MR) is 188 cm³/mol. The second-order valence-electron chi connectivity index (χ2n) is 13.1. The minimum absolute atomic E-state index is 0.0504. The van der Waals surface area contributed by atoms with E-state index in [0.29, 0.717) is 38.6 Å². The normalized spacial score (nSPS) is 15.2. The summed E-state index contributed by atoms with van der Waals surface area (Å²) < 4.78 is 0. The van der Waals surface area contributed by atoms with Gasteiger partial charge in [0.05, 0.1) is 12.1 Å². The standard InChI is InChI=1S/C32H59N9O11/c1-17(2)16-19(35)27(46)37-20(8-4-6-14-33)28(47)38-21(9-5-7-15-34)29(48)39-22(10-12-24(36)43)30(49)40-23(11-13-25(44)45)31(50)41-26(18(3)42)32(51)52/h17-23,26,42H,4-16,33-35H2,1-3H3,(H2,36,43)(H,37,46)(H,38,47)(H,39,48)(H,40,49)(H,41,50)(H,44,45)(H,51,52)/t18-,19+,20+,21+,22+,23+,26+/m1/s1. The third-order valence-corrected chi connectivity index (χ3v) is 7.86. The first-order chi connectivity index (χ1) is 24.3. The van der Waals surface area contributed by atoms with Crippen LogP contribution in [0.15, 0.2) is 0 Å². The van der Waals surface area contributed by atoms with Crippen LogP contribution in [0.4, 0.5) is 0 Å². The maximum absolute atomic E-state index is 13.7. The Balaban J connectivity index is 6.32. The highest BCUT2D eigenvalue weighted by Gasteiger charge is 2.34. The number of carbonyl (C=O) groups excluding carboxylic acids is 6. The Morgan fingerprint density at radius 1 is 0.577 bits per heavy atom. The van der Waals surface area contributed by atoms with Gasteiger partial charge in [-0.3, -0.25) is 33.6 Å². The Hall–Kier alpha value is -4.40. The molecule has 0 aliphatic heterocycles. The molecule has 0 aromatic rings. The van der Waals surface area contributed by atoms with Crippen LogP contribution in [0.2, 0.25) is 0 Å². The Morgan fingerprint density at radius 3 is 1.31 bits per heavy atom. The van der Waals surface area contributed by atoms with Gasteiger partial charge in [-0.15, -0.1) is 0 Å². The molecule has 7 atom stereocenters. The first-order valence-electron chi connectivity index (χ1n) is 17.4. The lowest BCUT2D eigenvalue weighted by Gasteiger charge is -2.27. The first-order valence-corrected chi connectivity index (χ1v) is 17.4. The average molecular weight is 746 g/mol. The molecule has 0 fully saturated rings. The lowest BCUT2D eigenvalue weighted by Crippen LogP contribution is -2.59. The van der Waals surface area contributed by atoms with E-state index < -0.39 is 109 Å². The minimum Gasteiger partial charge on any atom is -0.481 e. The van der Waals surface area contributed by atoms with E-state index in [9.17, 15) is 53.7 Å². The van der Waals surface area contributed by atoms with Crippen LogP contribution in [0.25, 0.3) is 0 Å². The third kappa shape index (κ3) is 19.8. The fourth-order valence-electron chi connectivity index (χ4n) is 4.97. The molecule has 0 spiro atoms. The van der Waals surface area contributed by atoms with E-state index in [4.69, 9.17) is 22.9 Å². The van der Waals surface area contributed by atoms with Crippen molar-refractivity contribution in [1.29, 1.82) is 0 Å². The van der Waals surface area contributed by atoms with Crippen LogP contribution in [0.3, 0.4) is 0 Å². The number of nitrogens with one attached hydrogen (secondary N) is 5. The average Bonchev–Trinajstić information content (AvgIpc) is 3.05. The molecule has 0 saturated heterocycles. The summed E-state index contributed by atoms with van der Waals surface area (Å²) in [5.41, 5.74) is 22.5. The highest BCUT2D eigenvalue weighted by molar-refractivity contribution is 5.96. The van der Waals surface area contributed by atoms with Crippen LogP contribution in [-0.2, 0) is 38.4 Å². The molecule has 0 aromatic carbocycles. The number of primary amides is 1. The summed E-state index contributed by atoms with van der Waals surface area (Å²) in [6.45, 7) is 5.48. The number of unbranched alkanes of at least 4 members (excludes halogenated alkanes) is 2. The number of amides is 6. The van der Waals surface area contributed by atoms with Crippen molar-refractivity contribution >= 4 is 47.4 Å². The molecule has 0 bridgehead atoms. The zero-order valence-corrected chi connectivity index (χ0v) is 30.2. The molecule has 0 unspecified atom stereocenters. The fourth-order valence-corrected chi connectivity index (χ4v) is 4.97. The Labute approximate surface area is 303 Å². The molecule has 0 radical (unpaired) electrons. The summed E-state index contributed by atoms with van der Waals surface area (Å²) >= 11 is 0. The molecule has 0 heterocycles. The van der Waals surface area contributed by atoms with Gasteiger partial charge in [0.25, 0.3) is 0 Å². The van der Waals surface area contributed by atoms with Crippen molar-refractivity contribution in [3.8, 4) is 0 Å². The van der Waals surface area contributed by atoms with Crippen molar-refractivity contribution < 1.29 is 53.7 Å². The van der Waals surface area contributed by atoms with Crippen molar-refractivity contribution in [1.82, 2.24) is 26.6 Å². The number of carboxylic acids is 2. The van der Waals surface area contributed by atoms with E-state index in [1.54, 1.807) is 0 Å². The fraction of sp³-hybridized carbons (Fsp3) is 0.750. The topological polar surface area (TPSA) is 361 Å². The van der Waals surface area contributed by atoms with Crippen LogP contribution in [0.5, 0.6) is 0 Å². The summed E-state index contributed by atoms with van der Waals surface area (Å²) in [4.78, 5) is 101. The largest absolute Gasteiger partial charge is 0.481 e. The van der Waals surface area contributed by atoms with E-state index in [2.05, 4.69) is 21.3 Å². The summed E-state index contributed by atoms with van der Waals surface area (Å²) in [5, 5.41) is 40.3. The van der Waals surface area contributed by atoms with Crippen LogP contribution in [-0.4, -0.2) is 118 Å². The molecule has 20 heteroatoms. The van der Waals surface area contributed by atoms with Gasteiger partial charge in [-0.2, -0.15) is 0 Å². The van der Waals surface area contributed by atoms with E-state index in [-0.39, 0.29) is 31.7 Å². The van der Waals surface area contributed by atoms with Gasteiger partial charge in [-0.05, 0) is 83.7 Å². The molecule has 0 aliphatic rings. The van der Waals surface area contributed by atoms with Gasteiger partial charge < -0.3 is 64.8 Å². The number of hydrogen-bond donors (Lipinski definition) is 12. The number of hydrogen-bond acceptors (Lipinski definition) is 12. The van der Waals surface area contributed by atoms with Gasteiger partial charge in [0, 0.05) is 12.8 Å². The van der Waals surface area contributed by atoms with E-state index in [1.165, 1.54) is 0 Å². The van der Waals surface area contributed by atoms with Crippen molar-refractivity contribution in [2.45, 2.75) is 134 Å². The van der Waals surface area contributed by atoms with Crippen molar-refractivity contribution in [2.75, 3.05) is 13.1 Å². The molecule has 0 aliphatic carbocycles. The van der Waals surface area contributed by atoms with Gasteiger partial charge in [-0.25, -0.2) is 4.79 Å². The zero-order valence-electron chi connectivity index (χ0n) is 30.2. The molecule has 298 valence electrons. The number of rotatable bonds is 28. The molecule has 6 amide bonds. The molecule has 20 nitrogen and oxygen atoms in total. The van der Waals surface area contributed by atoms with Crippen molar-refractivity contribution in [3.63, 3.8) is 0 Å². The van der Waals surface area contributed by atoms with Crippen LogP contribution < -0.4 is 49.5 Å². The smallest absolute Gasteiger partial charge is 0.328 e. The summed E-state index contributed by atoms with van der Waals surface area (Å²) in [7, 11) is 0. The molecule has 0 aromatic heterocycles. The Kier molecular flexibility index (Phi) is 23.4. The number of aliphatic carboxylic acids is 2. The van der Waals surface area contributed by atoms with Gasteiger partial charge in [-0.1, -0.05) is 13.8 Å². The predicted octanol–water partition coefficient (Wildman–Crippen LogP) is -3.36. The van der Waals surface area contributed by atoms with Gasteiger partial charge >= 0.3 is 11.9 Å². The highest BCUT2D eigenvalue weighted by atomic mass is 16.4. The highest BCUT2D eigenvalue weighted by Crippen LogP contribution is 2.10. The minimum atomic E-state index is -1.80. The maximum atomic E-state index is 13.7. The maximum Gasteiger partial charge on any atom is 0.328 e. The Morgan fingerprint density at radius 2 is 0.962 bits per heavy atom. The molecule has 52 heavy (non-hydrogen) atoms. The third-order valence-electron chi connectivity index (χ3n) is 7.86. The van der Waals surface area contributed by atoms with E-state index >= 15 is 0 Å². The molecule has 0 rings (SSSR count).